The summed E-state index contributed by atoms with van der Waals surface area (Å²) in [7, 11) is 0. The van der Waals surface area contributed by atoms with Gasteiger partial charge in [-0.3, -0.25) is 4.98 Å². The number of rotatable bonds is 3. The fraction of sp³-hybridized carbons (Fsp3) is 0.300. The van der Waals surface area contributed by atoms with Crippen molar-refractivity contribution in [2.75, 3.05) is 0 Å². The van der Waals surface area contributed by atoms with Gasteiger partial charge in [-0.05, 0) is 41.9 Å². The zero-order valence-electron chi connectivity index (χ0n) is 8.91. The molecule has 0 spiro atoms. The van der Waals surface area contributed by atoms with E-state index in [-0.39, 0.29) is 0 Å². The zero-order chi connectivity index (χ0) is 12.3. The van der Waals surface area contributed by atoms with Crippen LogP contribution in [0.5, 0.6) is 0 Å². The molecule has 1 rings (SSSR count). The highest BCUT2D eigenvalue weighted by molar-refractivity contribution is 9.10. The number of nitrogens with two attached hydrogens (primary N) is 1. The molecule has 0 fully saturated rings. The predicted molar refractivity (Wildman–Crippen MR) is 67.3 cm³/mol. The molecule has 0 radical (unpaired) electrons. The molecule has 0 aliphatic rings. The number of halogens is 2. The van der Waals surface area contributed by atoms with Crippen LogP contribution in [-0.4, -0.2) is 14.3 Å². The fourth-order valence-corrected chi connectivity index (χ4v) is 1.57. The van der Waals surface area contributed by atoms with Gasteiger partial charge in [-0.2, -0.15) is 5.14 Å². The molecule has 0 amide bonds. The van der Waals surface area contributed by atoms with E-state index in [1.165, 1.54) is 6.20 Å². The third-order valence-corrected chi connectivity index (χ3v) is 3.87. The van der Waals surface area contributed by atoms with Crippen LogP contribution in [0.3, 0.4) is 0 Å². The maximum Gasteiger partial charge on any atom is 0.157 e. The maximum absolute atomic E-state index is 13.4. The number of aromatic nitrogens is 1. The molecule has 2 N–H and O–H groups in total. The van der Waals surface area contributed by atoms with E-state index in [1.807, 2.05) is 0 Å². The highest BCUT2D eigenvalue weighted by Crippen LogP contribution is 2.22. The van der Waals surface area contributed by atoms with Crippen molar-refractivity contribution in [1.29, 1.82) is 0 Å². The number of hydrogen-bond donors (Lipinski definition) is 1. The van der Waals surface area contributed by atoms with Crippen molar-refractivity contribution in [2.45, 2.75) is 18.6 Å². The second-order valence-electron chi connectivity index (χ2n) is 3.75. The van der Waals surface area contributed by atoms with Crippen molar-refractivity contribution in [3.63, 3.8) is 0 Å². The third-order valence-electron chi connectivity index (χ3n) is 2.06. The topological polar surface area (TPSA) is 62.0 Å². The molecule has 3 nitrogen and oxygen atoms in total. The molecular weight excluding hydrogens is 295 g/mol. The number of pyridine rings is 1. The fourth-order valence-electron chi connectivity index (χ4n) is 0.932. The Balaban J connectivity index is 3.01. The molecule has 0 aromatic carbocycles. The van der Waals surface area contributed by atoms with Gasteiger partial charge >= 0.3 is 0 Å². The van der Waals surface area contributed by atoms with Gasteiger partial charge in [-0.15, -0.1) is 0 Å². The van der Waals surface area contributed by atoms with Gasteiger partial charge in [-0.25, -0.2) is 4.39 Å². The second-order valence-corrected chi connectivity index (χ2v) is 6.25. The Hall–Kier alpha value is -0.430. The molecule has 6 heteroatoms. The average molecular weight is 307 g/mol. The van der Waals surface area contributed by atoms with Crippen molar-refractivity contribution < 1.29 is 8.94 Å². The van der Waals surface area contributed by atoms with E-state index in [4.69, 9.17) is 5.14 Å². The van der Waals surface area contributed by atoms with Gasteiger partial charge < -0.3 is 4.55 Å². The normalized spacial score (nSPS) is 14.4. The molecule has 88 valence electrons. The summed E-state index contributed by atoms with van der Waals surface area (Å²) >= 11 is 1.69. The average Bonchev–Trinajstić information content (AvgIpc) is 2.16. The van der Waals surface area contributed by atoms with Gasteiger partial charge in [0.15, 0.2) is 4.75 Å². The summed E-state index contributed by atoms with van der Waals surface area (Å²) in [6.07, 6.45) is 5.78. The van der Waals surface area contributed by atoms with Crippen LogP contribution in [0.15, 0.2) is 22.9 Å². The van der Waals surface area contributed by atoms with E-state index in [1.54, 1.807) is 26.0 Å². The first kappa shape index (κ1) is 13.6. The van der Waals surface area contributed by atoms with Crippen molar-refractivity contribution in [3.05, 3.63) is 34.3 Å². The Labute approximate surface area is 105 Å². The van der Waals surface area contributed by atoms with Crippen LogP contribution in [0.2, 0.25) is 0 Å². The Morgan fingerprint density at radius 1 is 1.56 bits per heavy atom. The van der Waals surface area contributed by atoms with Gasteiger partial charge in [0.05, 0.1) is 6.20 Å². The van der Waals surface area contributed by atoms with Crippen molar-refractivity contribution in [2.24, 2.45) is 5.14 Å². The maximum atomic E-state index is 13.4. The molecule has 16 heavy (non-hydrogen) atoms. The molecule has 1 atom stereocenters. The van der Waals surface area contributed by atoms with E-state index in [0.29, 0.717) is 10.0 Å². The molecule has 0 aliphatic carbocycles. The van der Waals surface area contributed by atoms with Crippen LogP contribution in [0.1, 0.15) is 19.4 Å². The molecule has 0 bridgehead atoms. The van der Waals surface area contributed by atoms with E-state index < -0.39 is 21.9 Å². The first-order chi connectivity index (χ1) is 7.34. The van der Waals surface area contributed by atoms with Crippen LogP contribution in [-0.2, 0) is 11.4 Å². The van der Waals surface area contributed by atoms with Gasteiger partial charge in [-0.1, -0.05) is 0 Å². The van der Waals surface area contributed by atoms with Gasteiger partial charge in [0, 0.05) is 27.6 Å². The monoisotopic (exact) mass is 306 g/mol. The Bertz CT molecular complexity index is 390. The second kappa shape index (κ2) is 5.27. The first-order valence-electron chi connectivity index (χ1n) is 4.49. The molecular formula is C10H12BrFN2OS. The summed E-state index contributed by atoms with van der Waals surface area (Å²) in [5, 5.41) is 5.31. The van der Waals surface area contributed by atoms with Crippen molar-refractivity contribution >= 4 is 33.4 Å². The van der Waals surface area contributed by atoms with Gasteiger partial charge in [0.25, 0.3) is 0 Å². The molecule has 0 saturated carbocycles. The molecule has 1 unspecified atom stereocenters. The summed E-state index contributed by atoms with van der Waals surface area (Å²) in [6, 6.07) is 0. The zero-order valence-corrected chi connectivity index (χ0v) is 11.3. The van der Waals surface area contributed by atoms with E-state index >= 15 is 0 Å². The summed E-state index contributed by atoms with van der Waals surface area (Å²) in [5.41, 5.74) is 0.369. The van der Waals surface area contributed by atoms with Crippen LogP contribution in [0, 0.1) is 5.82 Å². The van der Waals surface area contributed by atoms with Crippen LogP contribution in [0.4, 0.5) is 4.39 Å². The van der Waals surface area contributed by atoms with Crippen LogP contribution < -0.4 is 5.14 Å². The standard InChI is InChI=1S/C10H12BrFN2OS/c1-10(2,16(13)15)4-3-7-8(11)5-14-6-9(7)12/h3-6H,13H2,1-2H3. The molecule has 0 aliphatic heterocycles. The van der Waals surface area contributed by atoms with E-state index in [2.05, 4.69) is 20.9 Å². The largest absolute Gasteiger partial charge is 0.598 e. The minimum Gasteiger partial charge on any atom is -0.598 e. The summed E-state index contributed by atoms with van der Waals surface area (Å²) < 4.78 is 24.4. The minimum atomic E-state index is -1.50. The Kier molecular flexibility index (Phi) is 4.49. The molecule has 0 saturated heterocycles. The predicted octanol–water partition coefficient (Wildman–Crippen LogP) is 2.40. The van der Waals surface area contributed by atoms with Crippen molar-refractivity contribution in [1.82, 2.24) is 4.98 Å². The quantitative estimate of drug-likeness (QED) is 0.872. The van der Waals surface area contributed by atoms with Gasteiger partial charge in [0.1, 0.15) is 5.82 Å². The Morgan fingerprint density at radius 2 is 2.19 bits per heavy atom. The van der Waals surface area contributed by atoms with Crippen molar-refractivity contribution in [3.8, 4) is 0 Å². The lowest BCUT2D eigenvalue weighted by molar-refractivity contribution is 0.573. The lowest BCUT2D eigenvalue weighted by atomic mass is 10.1. The Morgan fingerprint density at radius 3 is 2.69 bits per heavy atom. The van der Waals surface area contributed by atoms with Gasteiger partial charge in [0.2, 0.25) is 0 Å². The number of hydrogen-bond acceptors (Lipinski definition) is 3. The molecule has 1 heterocycles. The third kappa shape index (κ3) is 3.28. The SMILES string of the molecule is CC(C)(C=Cc1c(F)cncc1Br)[S+](N)[O-]. The van der Waals surface area contributed by atoms with E-state index in [0.717, 1.165) is 6.20 Å². The molecule has 1 aromatic heterocycles. The lowest BCUT2D eigenvalue weighted by Gasteiger charge is -2.20. The lowest BCUT2D eigenvalue weighted by Crippen LogP contribution is -2.35. The van der Waals surface area contributed by atoms with E-state index in [9.17, 15) is 8.94 Å². The first-order valence-corrected chi connectivity index (χ1v) is 6.49. The number of nitrogens with zero attached hydrogens (tertiary/aromatic N) is 1. The smallest absolute Gasteiger partial charge is 0.157 e. The highest BCUT2D eigenvalue weighted by Gasteiger charge is 2.26. The highest BCUT2D eigenvalue weighted by atomic mass is 79.9. The summed E-state index contributed by atoms with van der Waals surface area (Å²) in [4.78, 5) is 3.68. The summed E-state index contributed by atoms with van der Waals surface area (Å²) in [6.45, 7) is 3.43. The van der Waals surface area contributed by atoms with Crippen LogP contribution in [0.25, 0.3) is 6.08 Å². The summed E-state index contributed by atoms with van der Waals surface area (Å²) in [5.74, 6) is -0.441. The minimum absolute atomic E-state index is 0.369. The molecule has 1 aromatic rings. The van der Waals surface area contributed by atoms with Crippen LogP contribution >= 0.6 is 15.9 Å².